The number of aromatic nitrogens is 4. The van der Waals surface area contributed by atoms with Gasteiger partial charge in [-0.1, -0.05) is 53.0 Å². The molecular formula is C21H20BrClN6O2. The van der Waals surface area contributed by atoms with Crippen molar-refractivity contribution >= 4 is 45.2 Å². The molecule has 0 spiro atoms. The second-order valence-electron chi connectivity index (χ2n) is 7.24. The Morgan fingerprint density at radius 1 is 1.13 bits per heavy atom. The summed E-state index contributed by atoms with van der Waals surface area (Å²) in [5.41, 5.74) is 1.93. The molecule has 3 amide bonds. The minimum absolute atomic E-state index is 0.255. The van der Waals surface area contributed by atoms with Crippen LogP contribution in [-0.4, -0.2) is 43.6 Å². The van der Waals surface area contributed by atoms with Crippen molar-refractivity contribution in [1.29, 1.82) is 0 Å². The highest BCUT2D eigenvalue weighted by molar-refractivity contribution is 9.10. The van der Waals surface area contributed by atoms with Crippen LogP contribution in [0.1, 0.15) is 37.2 Å². The summed E-state index contributed by atoms with van der Waals surface area (Å²) in [5, 5.41) is 12.5. The van der Waals surface area contributed by atoms with Gasteiger partial charge in [0, 0.05) is 11.0 Å². The Kier molecular flexibility index (Phi) is 6.06. The highest BCUT2D eigenvalue weighted by Crippen LogP contribution is 2.35. The van der Waals surface area contributed by atoms with Crippen molar-refractivity contribution < 1.29 is 9.59 Å². The van der Waals surface area contributed by atoms with Gasteiger partial charge in [-0.2, -0.15) is 4.68 Å². The predicted molar refractivity (Wildman–Crippen MR) is 120 cm³/mol. The van der Waals surface area contributed by atoms with E-state index < -0.39 is 18.0 Å². The van der Waals surface area contributed by atoms with Crippen molar-refractivity contribution in [3.05, 3.63) is 63.3 Å². The Labute approximate surface area is 192 Å². The molecule has 0 radical (unpaired) electrons. The van der Waals surface area contributed by atoms with Gasteiger partial charge in [-0.3, -0.25) is 4.79 Å². The standard InChI is InChI=1S/C21H20BrClN6O2/c1-3-4-12-27-18(20(30)28(21(27)31)15-10-8-14(22)9-11-15)19-24-25-26-29(19)17-13(2)6-5-7-16(17)23/h5-11,18H,3-4,12H2,1-2H3. The number of benzene rings is 2. The van der Waals surface area contributed by atoms with E-state index in [-0.39, 0.29) is 5.82 Å². The number of amides is 3. The Bertz CT molecular complexity index is 1110. The van der Waals surface area contributed by atoms with Crippen LogP contribution in [0.5, 0.6) is 0 Å². The lowest BCUT2D eigenvalue weighted by Gasteiger charge is -2.21. The van der Waals surface area contributed by atoms with Crippen molar-refractivity contribution in [3.63, 3.8) is 0 Å². The minimum atomic E-state index is -0.951. The van der Waals surface area contributed by atoms with Crippen molar-refractivity contribution in [2.75, 3.05) is 11.4 Å². The zero-order valence-corrected chi connectivity index (χ0v) is 19.3. The topological polar surface area (TPSA) is 84.2 Å². The molecule has 160 valence electrons. The number of imide groups is 1. The molecule has 0 N–H and O–H groups in total. The van der Waals surface area contributed by atoms with Gasteiger partial charge >= 0.3 is 6.03 Å². The molecule has 31 heavy (non-hydrogen) atoms. The molecule has 3 aromatic rings. The van der Waals surface area contributed by atoms with Gasteiger partial charge in [-0.15, -0.1) is 5.10 Å². The first-order chi connectivity index (χ1) is 14.9. The van der Waals surface area contributed by atoms with Gasteiger partial charge in [0.25, 0.3) is 5.91 Å². The predicted octanol–water partition coefficient (Wildman–Crippen LogP) is 4.70. The van der Waals surface area contributed by atoms with Crippen LogP contribution >= 0.6 is 27.5 Å². The van der Waals surface area contributed by atoms with Crippen LogP contribution in [0, 0.1) is 6.92 Å². The number of unbranched alkanes of at least 4 members (excludes halogenated alkanes) is 1. The highest BCUT2D eigenvalue weighted by atomic mass is 79.9. The monoisotopic (exact) mass is 502 g/mol. The number of anilines is 1. The van der Waals surface area contributed by atoms with Crippen molar-refractivity contribution in [3.8, 4) is 5.69 Å². The summed E-state index contributed by atoms with van der Waals surface area (Å²) < 4.78 is 2.31. The van der Waals surface area contributed by atoms with Gasteiger partial charge in [0.2, 0.25) is 0 Å². The van der Waals surface area contributed by atoms with Gasteiger partial charge in [-0.05, 0) is 59.7 Å². The smallest absolute Gasteiger partial charge is 0.305 e. The molecule has 1 unspecified atom stereocenters. The molecule has 8 nitrogen and oxygen atoms in total. The molecule has 1 fully saturated rings. The fraction of sp³-hybridized carbons (Fsp3) is 0.286. The average Bonchev–Trinajstić information content (AvgIpc) is 3.29. The third-order valence-corrected chi connectivity index (χ3v) is 6.01. The maximum absolute atomic E-state index is 13.5. The normalized spacial score (nSPS) is 16.5. The second kappa shape index (κ2) is 8.76. The molecule has 4 rings (SSSR count). The summed E-state index contributed by atoms with van der Waals surface area (Å²) in [6.07, 6.45) is 1.62. The summed E-state index contributed by atoms with van der Waals surface area (Å²) >= 11 is 9.81. The fourth-order valence-electron chi connectivity index (χ4n) is 3.63. The Balaban J connectivity index is 1.81. The summed E-state index contributed by atoms with van der Waals surface area (Å²) in [4.78, 5) is 29.6. The molecule has 2 aromatic carbocycles. The van der Waals surface area contributed by atoms with Crippen LogP contribution in [0.4, 0.5) is 10.5 Å². The number of hydrogen-bond donors (Lipinski definition) is 0. The van der Waals surface area contributed by atoms with Crippen LogP contribution in [0.3, 0.4) is 0 Å². The number of para-hydroxylation sites is 1. The van der Waals surface area contributed by atoms with Gasteiger partial charge in [0.05, 0.1) is 16.4 Å². The zero-order valence-electron chi connectivity index (χ0n) is 17.0. The van der Waals surface area contributed by atoms with E-state index in [9.17, 15) is 9.59 Å². The van der Waals surface area contributed by atoms with Gasteiger partial charge in [0.1, 0.15) is 0 Å². The number of aryl methyl sites for hydroxylation is 1. The first kappa shape index (κ1) is 21.5. The van der Waals surface area contributed by atoms with E-state index in [4.69, 9.17) is 11.6 Å². The highest BCUT2D eigenvalue weighted by Gasteiger charge is 2.49. The number of hydrogen-bond acceptors (Lipinski definition) is 5. The van der Waals surface area contributed by atoms with Gasteiger partial charge in [-0.25, -0.2) is 9.69 Å². The number of carbonyl (C=O) groups excluding carboxylic acids is 2. The maximum atomic E-state index is 13.5. The van der Waals surface area contributed by atoms with E-state index >= 15 is 0 Å². The number of carbonyl (C=O) groups is 2. The Morgan fingerprint density at radius 2 is 1.87 bits per heavy atom. The Morgan fingerprint density at radius 3 is 2.55 bits per heavy atom. The number of halogens is 2. The van der Waals surface area contributed by atoms with Crippen LogP contribution in [0.2, 0.25) is 5.02 Å². The van der Waals surface area contributed by atoms with Crippen molar-refractivity contribution in [2.24, 2.45) is 0 Å². The molecule has 10 heteroatoms. The van der Waals surface area contributed by atoms with E-state index in [2.05, 4.69) is 31.5 Å². The van der Waals surface area contributed by atoms with Crippen LogP contribution in [0.15, 0.2) is 46.9 Å². The zero-order chi connectivity index (χ0) is 22.1. The first-order valence-corrected chi connectivity index (χ1v) is 11.0. The SMILES string of the molecule is CCCCN1C(=O)N(c2ccc(Br)cc2)C(=O)C1c1nnnn1-c1c(C)cccc1Cl. The first-order valence-electron chi connectivity index (χ1n) is 9.88. The molecule has 0 saturated carbocycles. The van der Waals surface area contributed by atoms with E-state index in [1.54, 1.807) is 30.3 Å². The molecule has 0 aliphatic carbocycles. The largest absolute Gasteiger partial charge is 0.332 e. The Hall–Kier alpha value is -2.78. The summed E-state index contributed by atoms with van der Waals surface area (Å²) in [7, 11) is 0. The number of rotatable bonds is 6. The minimum Gasteiger partial charge on any atom is -0.305 e. The van der Waals surface area contributed by atoms with Crippen molar-refractivity contribution in [2.45, 2.75) is 32.7 Å². The molecule has 1 atom stereocenters. The molecule has 2 heterocycles. The number of tetrazole rings is 1. The summed E-state index contributed by atoms with van der Waals surface area (Å²) in [6, 6.07) is 11.1. The summed E-state index contributed by atoms with van der Waals surface area (Å²) in [6.45, 7) is 4.32. The lowest BCUT2D eigenvalue weighted by Crippen LogP contribution is -2.34. The van der Waals surface area contributed by atoms with Crippen LogP contribution in [0.25, 0.3) is 5.69 Å². The third-order valence-electron chi connectivity index (χ3n) is 5.18. The van der Waals surface area contributed by atoms with Crippen LogP contribution < -0.4 is 4.90 Å². The molecule has 1 aliphatic heterocycles. The lowest BCUT2D eigenvalue weighted by molar-refractivity contribution is -0.120. The fourth-order valence-corrected chi connectivity index (χ4v) is 4.20. The van der Waals surface area contributed by atoms with E-state index in [0.717, 1.165) is 22.9 Å². The summed E-state index contributed by atoms with van der Waals surface area (Å²) in [5.74, 6) is -0.144. The quantitative estimate of drug-likeness (QED) is 0.455. The third kappa shape index (κ3) is 3.83. The second-order valence-corrected chi connectivity index (χ2v) is 8.56. The number of urea groups is 1. The lowest BCUT2D eigenvalue weighted by atomic mass is 10.1. The van der Waals surface area contributed by atoms with Gasteiger partial charge < -0.3 is 4.90 Å². The van der Waals surface area contributed by atoms with Crippen LogP contribution in [-0.2, 0) is 4.79 Å². The average molecular weight is 504 g/mol. The number of nitrogens with zero attached hydrogens (tertiary/aromatic N) is 6. The molecule has 1 aromatic heterocycles. The van der Waals surface area contributed by atoms with Crippen molar-refractivity contribution in [1.82, 2.24) is 25.1 Å². The molecule has 1 aliphatic rings. The molecule has 0 bridgehead atoms. The van der Waals surface area contributed by atoms with E-state index in [1.165, 1.54) is 14.5 Å². The molecule has 1 saturated heterocycles. The maximum Gasteiger partial charge on any atom is 0.332 e. The van der Waals surface area contributed by atoms with Gasteiger partial charge in [0.15, 0.2) is 11.9 Å². The van der Waals surface area contributed by atoms with E-state index in [0.29, 0.717) is 22.9 Å². The molecular weight excluding hydrogens is 484 g/mol. The van der Waals surface area contributed by atoms with E-state index in [1.807, 2.05) is 26.0 Å².